The fraction of sp³-hybridized carbons (Fsp3) is 0.276. The molecular formula is C29H31FN4O3. The molecule has 3 aromatic carbocycles. The summed E-state index contributed by atoms with van der Waals surface area (Å²) in [6.07, 6.45) is 0. The summed E-state index contributed by atoms with van der Waals surface area (Å²) in [5.74, 6) is -1.26. The molecule has 0 aliphatic carbocycles. The molecular weight excluding hydrogens is 471 g/mol. The van der Waals surface area contributed by atoms with E-state index in [2.05, 4.69) is 10.2 Å². The number of hydrogen-bond donors (Lipinski definition) is 1. The zero-order valence-electron chi connectivity index (χ0n) is 21.1. The number of piperazine rings is 1. The normalized spacial score (nSPS) is 13.4. The molecule has 8 heteroatoms. The van der Waals surface area contributed by atoms with E-state index in [0.29, 0.717) is 37.4 Å². The number of carbonyl (C=O) groups excluding carboxylic acids is 3. The first kappa shape index (κ1) is 25.9. The number of nitrogens with one attached hydrogen (secondary N) is 1. The van der Waals surface area contributed by atoms with Gasteiger partial charge in [0.1, 0.15) is 12.4 Å². The average molecular weight is 503 g/mol. The smallest absolute Gasteiger partial charge is 0.256 e. The van der Waals surface area contributed by atoms with E-state index in [-0.39, 0.29) is 35.9 Å². The lowest BCUT2D eigenvalue weighted by molar-refractivity contribution is -0.117. The van der Waals surface area contributed by atoms with E-state index < -0.39 is 5.82 Å². The minimum absolute atomic E-state index is 0.0505. The van der Waals surface area contributed by atoms with E-state index in [0.717, 1.165) is 5.69 Å². The van der Waals surface area contributed by atoms with Crippen molar-refractivity contribution in [3.05, 3.63) is 95.8 Å². The van der Waals surface area contributed by atoms with Crippen LogP contribution >= 0.6 is 0 Å². The first-order valence-corrected chi connectivity index (χ1v) is 12.4. The van der Waals surface area contributed by atoms with Crippen LogP contribution in [0.15, 0.2) is 78.9 Å². The Morgan fingerprint density at radius 2 is 1.49 bits per heavy atom. The zero-order chi connectivity index (χ0) is 26.4. The van der Waals surface area contributed by atoms with Gasteiger partial charge in [0.15, 0.2) is 0 Å². The summed E-state index contributed by atoms with van der Waals surface area (Å²) in [7, 11) is 0. The largest absolute Gasteiger partial charge is 0.368 e. The van der Waals surface area contributed by atoms with Crippen molar-refractivity contribution >= 4 is 29.1 Å². The predicted octanol–water partition coefficient (Wildman–Crippen LogP) is 4.28. The Balaban J connectivity index is 1.31. The number of anilines is 2. The molecule has 1 aliphatic heterocycles. The van der Waals surface area contributed by atoms with Crippen LogP contribution in [0.3, 0.4) is 0 Å². The highest BCUT2D eigenvalue weighted by atomic mass is 19.1. The molecule has 37 heavy (non-hydrogen) atoms. The van der Waals surface area contributed by atoms with Gasteiger partial charge in [0, 0.05) is 49.2 Å². The Hall–Kier alpha value is -4.20. The number of hydrogen-bond acceptors (Lipinski definition) is 4. The quantitative estimate of drug-likeness (QED) is 0.524. The second-order valence-corrected chi connectivity index (χ2v) is 9.25. The van der Waals surface area contributed by atoms with Gasteiger partial charge in [-0.05, 0) is 62.4 Å². The molecule has 0 saturated carbocycles. The van der Waals surface area contributed by atoms with E-state index in [1.165, 1.54) is 12.1 Å². The first-order valence-electron chi connectivity index (χ1n) is 12.4. The van der Waals surface area contributed by atoms with Crippen molar-refractivity contribution < 1.29 is 18.8 Å². The van der Waals surface area contributed by atoms with Crippen LogP contribution < -0.4 is 10.2 Å². The first-order chi connectivity index (χ1) is 17.8. The lowest BCUT2D eigenvalue weighted by Crippen LogP contribution is -2.49. The summed E-state index contributed by atoms with van der Waals surface area (Å²) >= 11 is 0. The van der Waals surface area contributed by atoms with Crippen LogP contribution in [0, 0.1) is 5.82 Å². The lowest BCUT2D eigenvalue weighted by atomic mass is 10.1. The molecule has 7 nitrogen and oxygen atoms in total. The fourth-order valence-electron chi connectivity index (χ4n) is 4.32. The number of nitrogens with zero attached hydrogens (tertiary/aromatic N) is 3. The molecule has 0 atom stereocenters. The third kappa shape index (κ3) is 6.33. The topological polar surface area (TPSA) is 73.0 Å². The number of amides is 3. The standard InChI is InChI=1S/C29H31FN4O3/c1-21(2)34(28(36)22-8-4-3-5-9-22)20-27(35)31-23-12-14-24(15-13-23)32-16-18-33(19-17-32)29(37)25-10-6-7-11-26(25)30/h3-15,21H,16-20H2,1-2H3,(H,31,35). The highest BCUT2D eigenvalue weighted by molar-refractivity contribution is 5.99. The molecule has 1 fully saturated rings. The third-order valence-electron chi connectivity index (χ3n) is 6.41. The number of halogens is 1. The SMILES string of the molecule is CC(C)N(CC(=O)Nc1ccc(N2CCN(C(=O)c3ccccc3F)CC2)cc1)C(=O)c1ccccc1. The summed E-state index contributed by atoms with van der Waals surface area (Å²) in [6, 6.07) is 22.3. The Bertz CT molecular complexity index is 1240. The van der Waals surface area contributed by atoms with E-state index in [1.807, 2.05) is 44.2 Å². The molecule has 1 heterocycles. The molecule has 0 unspecified atom stereocenters. The van der Waals surface area contributed by atoms with Crippen LogP contribution in [-0.2, 0) is 4.79 Å². The number of rotatable bonds is 7. The van der Waals surface area contributed by atoms with Gasteiger partial charge in [0.25, 0.3) is 11.8 Å². The van der Waals surface area contributed by atoms with Crippen molar-refractivity contribution in [2.45, 2.75) is 19.9 Å². The maximum atomic E-state index is 14.0. The van der Waals surface area contributed by atoms with Crippen molar-refractivity contribution in [1.82, 2.24) is 9.80 Å². The van der Waals surface area contributed by atoms with Crippen molar-refractivity contribution in [3.63, 3.8) is 0 Å². The molecule has 1 aliphatic rings. The molecule has 3 aromatic rings. The highest BCUT2D eigenvalue weighted by Gasteiger charge is 2.24. The van der Waals surface area contributed by atoms with Gasteiger partial charge in [0.05, 0.1) is 5.56 Å². The molecule has 192 valence electrons. The molecule has 1 N–H and O–H groups in total. The predicted molar refractivity (Wildman–Crippen MR) is 142 cm³/mol. The molecule has 0 spiro atoms. The second-order valence-electron chi connectivity index (χ2n) is 9.25. The molecule has 1 saturated heterocycles. The summed E-state index contributed by atoms with van der Waals surface area (Å²) in [4.78, 5) is 43.6. The maximum Gasteiger partial charge on any atom is 0.256 e. The van der Waals surface area contributed by atoms with Crippen molar-refractivity contribution in [1.29, 1.82) is 0 Å². The monoisotopic (exact) mass is 502 g/mol. The zero-order valence-corrected chi connectivity index (χ0v) is 21.1. The molecule has 0 bridgehead atoms. The van der Waals surface area contributed by atoms with Gasteiger partial charge < -0.3 is 20.0 Å². The minimum Gasteiger partial charge on any atom is -0.368 e. The third-order valence-corrected chi connectivity index (χ3v) is 6.41. The summed E-state index contributed by atoms with van der Waals surface area (Å²) in [6.45, 7) is 5.94. The average Bonchev–Trinajstić information content (AvgIpc) is 2.92. The Morgan fingerprint density at radius 1 is 0.865 bits per heavy atom. The van der Waals surface area contributed by atoms with Gasteiger partial charge in [-0.3, -0.25) is 14.4 Å². The van der Waals surface area contributed by atoms with Gasteiger partial charge in [-0.15, -0.1) is 0 Å². The Morgan fingerprint density at radius 3 is 2.11 bits per heavy atom. The second kappa shape index (κ2) is 11.7. The van der Waals surface area contributed by atoms with Crippen molar-refractivity contribution in [3.8, 4) is 0 Å². The van der Waals surface area contributed by atoms with Gasteiger partial charge in [0.2, 0.25) is 5.91 Å². The number of carbonyl (C=O) groups is 3. The van der Waals surface area contributed by atoms with Crippen LogP contribution in [0.1, 0.15) is 34.6 Å². The van der Waals surface area contributed by atoms with Crippen LogP contribution in [0.25, 0.3) is 0 Å². The summed E-state index contributed by atoms with van der Waals surface area (Å²) < 4.78 is 14.0. The highest BCUT2D eigenvalue weighted by Crippen LogP contribution is 2.21. The van der Waals surface area contributed by atoms with Crippen LogP contribution in [0.2, 0.25) is 0 Å². The van der Waals surface area contributed by atoms with Gasteiger partial charge in [-0.2, -0.15) is 0 Å². The van der Waals surface area contributed by atoms with E-state index in [4.69, 9.17) is 0 Å². The van der Waals surface area contributed by atoms with E-state index in [1.54, 1.807) is 46.2 Å². The van der Waals surface area contributed by atoms with Crippen LogP contribution in [0.5, 0.6) is 0 Å². The fourth-order valence-corrected chi connectivity index (χ4v) is 4.32. The van der Waals surface area contributed by atoms with Crippen LogP contribution in [-0.4, -0.2) is 66.3 Å². The molecule has 4 rings (SSSR count). The van der Waals surface area contributed by atoms with Crippen molar-refractivity contribution in [2.75, 3.05) is 42.9 Å². The van der Waals surface area contributed by atoms with Crippen LogP contribution in [0.4, 0.5) is 15.8 Å². The van der Waals surface area contributed by atoms with E-state index >= 15 is 0 Å². The summed E-state index contributed by atoms with van der Waals surface area (Å²) in [5, 5.41) is 2.87. The number of benzene rings is 3. The van der Waals surface area contributed by atoms with Gasteiger partial charge >= 0.3 is 0 Å². The maximum absolute atomic E-state index is 14.0. The van der Waals surface area contributed by atoms with Crippen molar-refractivity contribution in [2.24, 2.45) is 0 Å². The Kier molecular flexibility index (Phi) is 8.18. The van der Waals surface area contributed by atoms with Gasteiger partial charge in [-0.25, -0.2) is 4.39 Å². The van der Waals surface area contributed by atoms with Gasteiger partial charge in [-0.1, -0.05) is 30.3 Å². The summed E-state index contributed by atoms with van der Waals surface area (Å²) in [5.41, 5.74) is 2.25. The molecule has 0 aromatic heterocycles. The minimum atomic E-state index is -0.506. The Labute approximate surface area is 216 Å². The lowest BCUT2D eigenvalue weighted by Gasteiger charge is -2.36. The molecule has 0 radical (unpaired) electrons. The van der Waals surface area contributed by atoms with E-state index in [9.17, 15) is 18.8 Å². The molecule has 3 amide bonds.